The monoisotopic (exact) mass is 361 g/mol. The fraction of sp³-hybridized carbons (Fsp3) is 0.0769. The quantitative estimate of drug-likeness (QED) is 0.800. The number of nitrogens with two attached hydrogens (primary N) is 1. The van der Waals surface area contributed by atoms with E-state index in [-0.39, 0.29) is 5.82 Å². The molecule has 0 aliphatic heterocycles. The van der Waals surface area contributed by atoms with Crippen molar-refractivity contribution in [2.75, 3.05) is 0 Å². The molecule has 0 heterocycles. The van der Waals surface area contributed by atoms with E-state index in [4.69, 9.17) is 17.3 Å². The molecule has 4 heteroatoms. The van der Waals surface area contributed by atoms with Gasteiger partial charge in [0.25, 0.3) is 0 Å². The summed E-state index contributed by atoms with van der Waals surface area (Å²) in [6.45, 7) is 0. The second-order valence-corrected chi connectivity index (χ2v) is 5.24. The average Bonchev–Trinajstić information content (AvgIpc) is 2.32. The normalized spacial score (nSPS) is 12.5. The SMILES string of the molecule is NC(c1ccc(I)c(Cl)c1)c1ccccc1F. The molecule has 2 aromatic rings. The van der Waals surface area contributed by atoms with Crippen molar-refractivity contribution in [1.29, 1.82) is 0 Å². The second kappa shape index (κ2) is 5.33. The van der Waals surface area contributed by atoms with E-state index in [9.17, 15) is 4.39 Å². The molecule has 1 nitrogen and oxygen atoms in total. The molecule has 17 heavy (non-hydrogen) atoms. The minimum absolute atomic E-state index is 0.297. The summed E-state index contributed by atoms with van der Waals surface area (Å²) in [7, 11) is 0. The van der Waals surface area contributed by atoms with Crippen LogP contribution in [0.4, 0.5) is 4.39 Å². The predicted molar refractivity (Wildman–Crippen MR) is 76.6 cm³/mol. The highest BCUT2D eigenvalue weighted by Crippen LogP contribution is 2.26. The highest BCUT2D eigenvalue weighted by atomic mass is 127. The lowest BCUT2D eigenvalue weighted by Gasteiger charge is -2.14. The smallest absolute Gasteiger partial charge is 0.128 e. The van der Waals surface area contributed by atoms with Crippen molar-refractivity contribution in [1.82, 2.24) is 0 Å². The Morgan fingerprint density at radius 1 is 1.18 bits per heavy atom. The fourth-order valence-electron chi connectivity index (χ4n) is 1.61. The molecule has 0 aliphatic rings. The standard InChI is InChI=1S/C13H10ClFIN/c14-10-7-8(5-6-12(10)16)13(17)9-3-1-2-4-11(9)15/h1-7,13H,17H2. The molecular formula is C13H10ClFIN. The molecule has 0 fully saturated rings. The highest BCUT2D eigenvalue weighted by molar-refractivity contribution is 14.1. The maximum atomic E-state index is 13.6. The van der Waals surface area contributed by atoms with Gasteiger partial charge < -0.3 is 5.73 Å². The van der Waals surface area contributed by atoms with Crippen molar-refractivity contribution in [2.24, 2.45) is 5.73 Å². The summed E-state index contributed by atoms with van der Waals surface area (Å²) in [5.41, 5.74) is 7.32. The Bertz CT molecular complexity index is 545. The van der Waals surface area contributed by atoms with E-state index >= 15 is 0 Å². The summed E-state index contributed by atoms with van der Waals surface area (Å²) in [4.78, 5) is 0. The summed E-state index contributed by atoms with van der Waals surface area (Å²) in [6.07, 6.45) is 0. The van der Waals surface area contributed by atoms with E-state index in [1.165, 1.54) is 6.07 Å². The Hall–Kier alpha value is -0.650. The van der Waals surface area contributed by atoms with E-state index in [1.54, 1.807) is 24.3 Å². The molecule has 2 N–H and O–H groups in total. The summed E-state index contributed by atoms with van der Waals surface area (Å²) < 4.78 is 14.5. The van der Waals surface area contributed by atoms with Gasteiger partial charge in [-0.2, -0.15) is 0 Å². The summed E-state index contributed by atoms with van der Waals surface area (Å²) in [6, 6.07) is 11.5. The van der Waals surface area contributed by atoms with Crippen molar-refractivity contribution in [3.63, 3.8) is 0 Å². The first-order valence-corrected chi connectivity index (χ1v) is 6.50. The molecule has 2 rings (SSSR count). The van der Waals surface area contributed by atoms with Gasteiger partial charge in [0.15, 0.2) is 0 Å². The van der Waals surface area contributed by atoms with Crippen LogP contribution in [0.15, 0.2) is 42.5 Å². The van der Waals surface area contributed by atoms with Gasteiger partial charge >= 0.3 is 0 Å². The lowest BCUT2D eigenvalue weighted by Crippen LogP contribution is -2.13. The molecule has 88 valence electrons. The molecule has 0 aliphatic carbocycles. The number of rotatable bonds is 2. The van der Waals surface area contributed by atoms with Gasteiger partial charge in [-0.15, -0.1) is 0 Å². The lowest BCUT2D eigenvalue weighted by molar-refractivity contribution is 0.599. The van der Waals surface area contributed by atoms with Crippen LogP contribution < -0.4 is 5.73 Å². The maximum absolute atomic E-state index is 13.6. The lowest BCUT2D eigenvalue weighted by atomic mass is 9.99. The molecule has 0 amide bonds. The zero-order valence-electron chi connectivity index (χ0n) is 8.83. The van der Waals surface area contributed by atoms with Crippen molar-refractivity contribution < 1.29 is 4.39 Å². The van der Waals surface area contributed by atoms with Crippen LogP contribution >= 0.6 is 34.2 Å². The number of hydrogen-bond acceptors (Lipinski definition) is 1. The third kappa shape index (κ3) is 2.78. The number of hydrogen-bond donors (Lipinski definition) is 1. The topological polar surface area (TPSA) is 26.0 Å². The Labute approximate surface area is 118 Å². The zero-order chi connectivity index (χ0) is 12.4. The van der Waals surface area contributed by atoms with Crippen LogP contribution in [0, 0.1) is 9.39 Å². The highest BCUT2D eigenvalue weighted by Gasteiger charge is 2.13. The molecule has 0 bridgehead atoms. The van der Waals surface area contributed by atoms with E-state index in [0.717, 1.165) is 9.13 Å². The van der Waals surface area contributed by atoms with Gasteiger partial charge in [-0.3, -0.25) is 0 Å². The van der Waals surface area contributed by atoms with E-state index in [0.29, 0.717) is 10.6 Å². The summed E-state index contributed by atoms with van der Waals surface area (Å²) in [5, 5.41) is 0.634. The number of halogens is 3. The van der Waals surface area contributed by atoms with Gasteiger partial charge in [0.05, 0.1) is 11.1 Å². The van der Waals surface area contributed by atoms with Crippen molar-refractivity contribution >= 4 is 34.2 Å². The first-order valence-electron chi connectivity index (χ1n) is 5.04. The first kappa shape index (κ1) is 12.8. The third-order valence-corrected chi connectivity index (χ3v) is 4.12. The van der Waals surface area contributed by atoms with Crippen LogP contribution in [-0.2, 0) is 0 Å². The molecule has 1 atom stereocenters. The van der Waals surface area contributed by atoms with E-state index in [2.05, 4.69) is 22.6 Å². The summed E-state index contributed by atoms with van der Waals surface area (Å²) in [5.74, 6) is -0.297. The van der Waals surface area contributed by atoms with E-state index < -0.39 is 6.04 Å². The van der Waals surface area contributed by atoms with Gasteiger partial charge in [0.2, 0.25) is 0 Å². The van der Waals surface area contributed by atoms with Crippen LogP contribution in [0.3, 0.4) is 0 Å². The Kier molecular flexibility index (Phi) is 4.01. The molecule has 1 unspecified atom stereocenters. The molecule has 2 aromatic carbocycles. The minimum atomic E-state index is -0.495. The predicted octanol–water partition coefficient (Wildman–Crippen LogP) is 4.13. The van der Waals surface area contributed by atoms with Crippen LogP contribution in [0.1, 0.15) is 17.2 Å². The zero-order valence-corrected chi connectivity index (χ0v) is 11.7. The third-order valence-electron chi connectivity index (χ3n) is 2.54. The minimum Gasteiger partial charge on any atom is -0.320 e. The number of benzene rings is 2. The van der Waals surface area contributed by atoms with Gasteiger partial charge in [0, 0.05) is 9.13 Å². The molecule has 0 saturated carbocycles. The fourth-order valence-corrected chi connectivity index (χ4v) is 2.14. The molecular weight excluding hydrogens is 352 g/mol. The Morgan fingerprint density at radius 2 is 1.88 bits per heavy atom. The summed E-state index contributed by atoms with van der Waals surface area (Å²) >= 11 is 8.17. The molecule has 0 aromatic heterocycles. The van der Waals surface area contributed by atoms with E-state index in [1.807, 2.05) is 12.1 Å². The van der Waals surface area contributed by atoms with Crippen molar-refractivity contribution in [3.05, 3.63) is 68.0 Å². The van der Waals surface area contributed by atoms with Crippen LogP contribution in [-0.4, -0.2) is 0 Å². The first-order chi connectivity index (χ1) is 8.09. The van der Waals surface area contributed by atoms with Crippen molar-refractivity contribution in [3.8, 4) is 0 Å². The molecule has 0 radical (unpaired) electrons. The second-order valence-electron chi connectivity index (χ2n) is 3.67. The Balaban J connectivity index is 2.40. The Morgan fingerprint density at radius 3 is 2.53 bits per heavy atom. The van der Waals surface area contributed by atoms with Gasteiger partial charge in [0.1, 0.15) is 5.82 Å². The maximum Gasteiger partial charge on any atom is 0.128 e. The van der Waals surface area contributed by atoms with Gasteiger partial charge in [-0.25, -0.2) is 4.39 Å². The van der Waals surface area contributed by atoms with Gasteiger partial charge in [-0.05, 0) is 46.4 Å². The van der Waals surface area contributed by atoms with Crippen LogP contribution in [0.5, 0.6) is 0 Å². The molecule has 0 saturated heterocycles. The molecule has 0 spiro atoms. The largest absolute Gasteiger partial charge is 0.320 e. The van der Waals surface area contributed by atoms with Crippen LogP contribution in [0.2, 0.25) is 5.02 Å². The van der Waals surface area contributed by atoms with Crippen molar-refractivity contribution in [2.45, 2.75) is 6.04 Å². The average molecular weight is 362 g/mol. The van der Waals surface area contributed by atoms with Gasteiger partial charge in [-0.1, -0.05) is 35.9 Å². The van der Waals surface area contributed by atoms with Crippen LogP contribution in [0.25, 0.3) is 0 Å².